The molecule has 138 valence electrons. The van der Waals surface area contributed by atoms with Gasteiger partial charge in [0.15, 0.2) is 26.7 Å². The van der Waals surface area contributed by atoms with Crippen LogP contribution >= 0.6 is 0 Å². The Labute approximate surface area is 147 Å². The summed E-state index contributed by atoms with van der Waals surface area (Å²) in [6, 6.07) is 7.63. The molecule has 26 heavy (non-hydrogen) atoms. The van der Waals surface area contributed by atoms with Gasteiger partial charge in [0.05, 0.1) is 15.9 Å². The van der Waals surface area contributed by atoms with Gasteiger partial charge in [-0.05, 0) is 36.8 Å². The minimum Gasteiger partial charge on any atom is -0.480 e. The first kappa shape index (κ1) is 19.3. The Morgan fingerprint density at radius 3 is 2.35 bits per heavy atom. The van der Waals surface area contributed by atoms with Crippen LogP contribution in [-0.4, -0.2) is 29.7 Å². The molecule has 1 N–H and O–H groups in total. The van der Waals surface area contributed by atoms with Gasteiger partial charge < -0.3 is 9.84 Å². The second-order valence-corrected chi connectivity index (χ2v) is 7.36. The Morgan fingerprint density at radius 2 is 1.88 bits per heavy atom. The molecule has 1 unspecified atom stereocenters. The lowest BCUT2D eigenvalue weighted by Gasteiger charge is -2.12. The molecule has 0 heterocycles. The van der Waals surface area contributed by atoms with Crippen LogP contribution in [0.15, 0.2) is 47.4 Å². The number of carboxylic acid groups (broad SMARTS) is 1. The van der Waals surface area contributed by atoms with Gasteiger partial charge in [-0.25, -0.2) is 12.8 Å². The molecule has 8 nitrogen and oxygen atoms in total. The number of nitrogens with zero attached hydrogens (tertiary/aromatic N) is 1. The summed E-state index contributed by atoms with van der Waals surface area (Å²) >= 11 is 0. The third-order valence-electron chi connectivity index (χ3n) is 3.53. The molecule has 0 radical (unpaired) electrons. The molecule has 0 aromatic heterocycles. The predicted molar refractivity (Wildman–Crippen MR) is 88.5 cm³/mol. The third-order valence-corrected chi connectivity index (χ3v) is 5.74. The number of sulfone groups is 1. The molecule has 2 rings (SSSR count). The molecule has 0 amide bonds. The van der Waals surface area contributed by atoms with Crippen molar-refractivity contribution in [3.8, 4) is 11.5 Å². The molecule has 0 bridgehead atoms. The van der Waals surface area contributed by atoms with Crippen LogP contribution in [0.1, 0.15) is 13.3 Å². The van der Waals surface area contributed by atoms with E-state index in [0.717, 1.165) is 24.3 Å². The summed E-state index contributed by atoms with van der Waals surface area (Å²) in [6.45, 7) is 1.45. The third kappa shape index (κ3) is 3.97. The SMILES string of the molecule is CCC(C(=O)O)S(=O)(=O)c1ccc(Oc2ccc([N+](=O)[O-])cc2F)cc1. The molecule has 0 saturated carbocycles. The van der Waals surface area contributed by atoms with E-state index in [4.69, 9.17) is 9.84 Å². The highest BCUT2D eigenvalue weighted by atomic mass is 32.2. The lowest BCUT2D eigenvalue weighted by Crippen LogP contribution is -2.29. The van der Waals surface area contributed by atoms with Gasteiger partial charge in [-0.15, -0.1) is 0 Å². The number of aliphatic carboxylic acids is 1. The number of nitro benzene ring substituents is 1. The minimum absolute atomic E-state index is 0.0834. The zero-order valence-electron chi connectivity index (χ0n) is 13.5. The molecule has 0 fully saturated rings. The molecule has 0 saturated heterocycles. The predicted octanol–water partition coefficient (Wildman–Crippen LogP) is 3.16. The van der Waals surface area contributed by atoms with Crippen molar-refractivity contribution in [1.82, 2.24) is 0 Å². The maximum atomic E-state index is 13.8. The summed E-state index contributed by atoms with van der Waals surface area (Å²) in [5.41, 5.74) is -0.435. The monoisotopic (exact) mass is 383 g/mol. The average molecular weight is 383 g/mol. The Morgan fingerprint density at radius 1 is 1.27 bits per heavy atom. The summed E-state index contributed by atoms with van der Waals surface area (Å²) in [5, 5.41) is 18.0. The number of non-ortho nitro benzene ring substituents is 1. The zero-order chi connectivity index (χ0) is 19.5. The van der Waals surface area contributed by atoms with Crippen molar-refractivity contribution in [2.24, 2.45) is 0 Å². The first-order chi connectivity index (χ1) is 12.2. The lowest BCUT2D eigenvalue weighted by atomic mass is 10.3. The Balaban J connectivity index is 2.25. The van der Waals surface area contributed by atoms with Crippen LogP contribution in [-0.2, 0) is 14.6 Å². The maximum Gasteiger partial charge on any atom is 0.322 e. The maximum absolute atomic E-state index is 13.8. The smallest absolute Gasteiger partial charge is 0.322 e. The van der Waals surface area contributed by atoms with E-state index in [1.807, 2.05) is 0 Å². The van der Waals surface area contributed by atoms with Crippen LogP contribution in [0.2, 0.25) is 0 Å². The standard InChI is InChI=1S/C16H14FNO7S/c1-2-15(16(19)20)26(23,24)12-6-4-11(5-7-12)25-14-8-3-10(18(21)22)9-13(14)17/h3-9,15H,2H2,1H3,(H,19,20). The van der Waals surface area contributed by atoms with Gasteiger partial charge in [-0.1, -0.05) is 6.92 Å². The second kappa shape index (κ2) is 7.48. The van der Waals surface area contributed by atoms with Crippen molar-refractivity contribution in [3.63, 3.8) is 0 Å². The van der Waals surface area contributed by atoms with Crippen molar-refractivity contribution >= 4 is 21.5 Å². The van der Waals surface area contributed by atoms with E-state index < -0.39 is 37.5 Å². The molecular formula is C16H14FNO7S. The van der Waals surface area contributed by atoms with Crippen LogP contribution in [0.4, 0.5) is 10.1 Å². The van der Waals surface area contributed by atoms with Gasteiger partial charge >= 0.3 is 5.97 Å². The first-order valence-corrected chi connectivity index (χ1v) is 8.90. The summed E-state index contributed by atoms with van der Waals surface area (Å²) in [5.74, 6) is -2.59. The van der Waals surface area contributed by atoms with Crippen LogP contribution < -0.4 is 4.74 Å². The number of rotatable bonds is 7. The fourth-order valence-corrected chi connectivity index (χ4v) is 3.75. The number of halogens is 1. The number of hydrogen-bond donors (Lipinski definition) is 1. The van der Waals surface area contributed by atoms with Gasteiger partial charge in [-0.2, -0.15) is 0 Å². The highest BCUT2D eigenvalue weighted by Crippen LogP contribution is 2.29. The molecular weight excluding hydrogens is 369 g/mol. The van der Waals surface area contributed by atoms with Crippen LogP contribution in [0.3, 0.4) is 0 Å². The van der Waals surface area contributed by atoms with Crippen LogP contribution in [0.5, 0.6) is 11.5 Å². The van der Waals surface area contributed by atoms with E-state index >= 15 is 0 Å². The molecule has 10 heteroatoms. The van der Waals surface area contributed by atoms with E-state index in [-0.39, 0.29) is 22.8 Å². The van der Waals surface area contributed by atoms with Crippen LogP contribution in [0.25, 0.3) is 0 Å². The summed E-state index contributed by atoms with van der Waals surface area (Å²) < 4.78 is 43.6. The number of benzene rings is 2. The normalized spacial score (nSPS) is 12.4. The fourth-order valence-electron chi connectivity index (χ4n) is 2.20. The fraction of sp³-hybridized carbons (Fsp3) is 0.188. The molecule has 1 atom stereocenters. The molecule has 0 spiro atoms. The van der Waals surface area contributed by atoms with Gasteiger partial charge in [0, 0.05) is 6.07 Å². The molecule has 0 aliphatic heterocycles. The van der Waals surface area contributed by atoms with Crippen molar-refractivity contribution in [2.45, 2.75) is 23.5 Å². The van der Waals surface area contributed by atoms with E-state index in [0.29, 0.717) is 6.07 Å². The largest absolute Gasteiger partial charge is 0.480 e. The summed E-state index contributed by atoms with van der Waals surface area (Å²) in [6.07, 6.45) is -0.0933. The number of carbonyl (C=O) groups is 1. The molecule has 0 aliphatic rings. The minimum atomic E-state index is -4.07. The van der Waals surface area contributed by atoms with E-state index in [2.05, 4.69) is 0 Å². The average Bonchev–Trinajstić information content (AvgIpc) is 2.57. The molecule has 2 aromatic rings. The van der Waals surface area contributed by atoms with Gasteiger partial charge in [0.25, 0.3) is 5.69 Å². The lowest BCUT2D eigenvalue weighted by molar-refractivity contribution is -0.385. The van der Waals surface area contributed by atoms with Crippen molar-refractivity contribution < 1.29 is 32.4 Å². The van der Waals surface area contributed by atoms with Crippen molar-refractivity contribution in [1.29, 1.82) is 0 Å². The highest BCUT2D eigenvalue weighted by molar-refractivity contribution is 7.92. The molecule has 2 aromatic carbocycles. The van der Waals surface area contributed by atoms with Gasteiger partial charge in [0.2, 0.25) is 0 Å². The molecule has 0 aliphatic carbocycles. The van der Waals surface area contributed by atoms with Crippen molar-refractivity contribution in [2.75, 3.05) is 0 Å². The Bertz CT molecular complexity index is 942. The Kier molecular flexibility index (Phi) is 5.56. The quantitative estimate of drug-likeness (QED) is 0.575. The number of carboxylic acids is 1. The zero-order valence-corrected chi connectivity index (χ0v) is 14.3. The first-order valence-electron chi connectivity index (χ1n) is 7.35. The Hall–Kier alpha value is -3.01. The highest BCUT2D eigenvalue weighted by Gasteiger charge is 2.32. The van der Waals surface area contributed by atoms with Gasteiger partial charge in [-0.3, -0.25) is 14.9 Å². The van der Waals surface area contributed by atoms with E-state index in [9.17, 15) is 27.7 Å². The summed E-state index contributed by atoms with van der Waals surface area (Å²) in [7, 11) is -4.07. The number of nitro groups is 1. The van der Waals surface area contributed by atoms with E-state index in [1.54, 1.807) is 0 Å². The number of hydrogen-bond acceptors (Lipinski definition) is 6. The summed E-state index contributed by atoms with van der Waals surface area (Å²) in [4.78, 5) is 20.7. The van der Waals surface area contributed by atoms with E-state index in [1.165, 1.54) is 19.1 Å². The number of ether oxygens (including phenoxy) is 1. The van der Waals surface area contributed by atoms with Crippen LogP contribution in [0, 0.1) is 15.9 Å². The van der Waals surface area contributed by atoms with Crippen molar-refractivity contribution in [3.05, 3.63) is 58.4 Å². The second-order valence-electron chi connectivity index (χ2n) is 5.23. The van der Waals surface area contributed by atoms with Gasteiger partial charge in [0.1, 0.15) is 5.75 Å². The topological polar surface area (TPSA) is 124 Å².